The quantitative estimate of drug-likeness (QED) is 0.836. The zero-order valence-electron chi connectivity index (χ0n) is 12.9. The molecule has 0 bridgehead atoms. The number of fused-ring (bicyclic) bond motifs is 2. The van der Waals surface area contributed by atoms with Crippen LogP contribution in [-0.4, -0.2) is 29.0 Å². The minimum atomic E-state index is -0.279. The Labute approximate surface area is 138 Å². The summed E-state index contributed by atoms with van der Waals surface area (Å²) in [4.78, 5) is 18.8. The van der Waals surface area contributed by atoms with Crippen LogP contribution in [-0.2, 0) is 0 Å². The second-order valence-corrected chi connectivity index (χ2v) is 7.63. The summed E-state index contributed by atoms with van der Waals surface area (Å²) in [7, 11) is 0. The van der Waals surface area contributed by atoms with Crippen LogP contribution in [0, 0.1) is 17.7 Å². The largest absolute Gasteiger partial charge is 0.324 e. The first-order valence-corrected chi connectivity index (χ1v) is 9.13. The van der Waals surface area contributed by atoms with Crippen LogP contribution in [0.15, 0.2) is 18.2 Å². The number of carbonyl (C=O) groups excluding carboxylic acids is 1. The molecular formula is C17H20FN3OS. The summed E-state index contributed by atoms with van der Waals surface area (Å²) in [6, 6.07) is 4.41. The van der Waals surface area contributed by atoms with E-state index in [9.17, 15) is 9.18 Å². The van der Waals surface area contributed by atoms with Crippen LogP contribution in [0.25, 0.3) is 10.2 Å². The number of halogens is 1. The van der Waals surface area contributed by atoms with Crippen LogP contribution in [0.1, 0.15) is 32.1 Å². The number of urea groups is 1. The molecule has 2 atom stereocenters. The predicted molar refractivity (Wildman–Crippen MR) is 90.2 cm³/mol. The van der Waals surface area contributed by atoms with Gasteiger partial charge in [0.15, 0.2) is 5.13 Å². The lowest BCUT2D eigenvalue weighted by Gasteiger charge is -2.41. The molecule has 122 valence electrons. The van der Waals surface area contributed by atoms with E-state index < -0.39 is 0 Å². The first-order chi connectivity index (χ1) is 11.2. The first kappa shape index (κ1) is 14.9. The Morgan fingerprint density at radius 3 is 2.96 bits per heavy atom. The van der Waals surface area contributed by atoms with Crippen molar-refractivity contribution >= 4 is 32.7 Å². The monoisotopic (exact) mass is 333 g/mol. The summed E-state index contributed by atoms with van der Waals surface area (Å²) in [6.45, 7) is 1.68. The van der Waals surface area contributed by atoms with E-state index >= 15 is 0 Å². The summed E-state index contributed by atoms with van der Waals surface area (Å²) < 4.78 is 14.0. The van der Waals surface area contributed by atoms with E-state index in [1.54, 1.807) is 6.07 Å². The number of nitrogens with one attached hydrogen (secondary N) is 1. The maximum absolute atomic E-state index is 13.2. The molecule has 1 saturated carbocycles. The topological polar surface area (TPSA) is 45.2 Å². The van der Waals surface area contributed by atoms with E-state index in [1.807, 2.05) is 4.90 Å². The van der Waals surface area contributed by atoms with Crippen molar-refractivity contribution < 1.29 is 9.18 Å². The Hall–Kier alpha value is -1.69. The summed E-state index contributed by atoms with van der Waals surface area (Å²) in [6.07, 6.45) is 6.32. The van der Waals surface area contributed by atoms with E-state index in [4.69, 9.17) is 0 Å². The molecule has 2 aromatic rings. The number of rotatable bonds is 1. The highest BCUT2D eigenvalue weighted by Crippen LogP contribution is 2.36. The standard InChI is InChI=1S/C17H20FN3OS/c18-13-5-6-14-15(9-13)23-16(19-14)20-17(22)21-8-7-11-3-1-2-4-12(11)10-21/h5-6,9,11-12H,1-4,7-8,10H2,(H,19,20,22)/t11-,12-/m0/s1. The third kappa shape index (κ3) is 3.04. The molecular weight excluding hydrogens is 313 g/mol. The van der Waals surface area contributed by atoms with Crippen molar-refractivity contribution in [3.8, 4) is 0 Å². The minimum absolute atomic E-state index is 0.0754. The lowest BCUT2D eigenvalue weighted by atomic mass is 9.75. The molecule has 2 aliphatic rings. The van der Waals surface area contributed by atoms with Gasteiger partial charge in [0.1, 0.15) is 5.82 Å². The molecule has 1 saturated heterocycles. The third-order valence-corrected chi connectivity index (χ3v) is 6.08. The molecule has 1 aromatic carbocycles. The number of benzene rings is 1. The first-order valence-electron chi connectivity index (χ1n) is 8.31. The Morgan fingerprint density at radius 1 is 1.26 bits per heavy atom. The number of aromatic nitrogens is 1. The fraction of sp³-hybridized carbons (Fsp3) is 0.529. The number of hydrogen-bond donors (Lipinski definition) is 1. The molecule has 4 rings (SSSR count). The van der Waals surface area contributed by atoms with Gasteiger partial charge in [-0.1, -0.05) is 30.6 Å². The highest BCUT2D eigenvalue weighted by molar-refractivity contribution is 7.22. The molecule has 2 fully saturated rings. The number of thiazole rings is 1. The van der Waals surface area contributed by atoms with Crippen molar-refractivity contribution in [3.63, 3.8) is 0 Å². The maximum atomic E-state index is 13.2. The lowest BCUT2D eigenvalue weighted by molar-refractivity contribution is 0.108. The van der Waals surface area contributed by atoms with Gasteiger partial charge >= 0.3 is 6.03 Å². The molecule has 2 amide bonds. The van der Waals surface area contributed by atoms with Gasteiger partial charge in [-0.3, -0.25) is 5.32 Å². The SMILES string of the molecule is O=C(Nc1nc2ccc(F)cc2s1)N1CC[C@@H]2CCCC[C@H]2C1. The second kappa shape index (κ2) is 6.07. The van der Waals surface area contributed by atoms with Gasteiger partial charge in [-0.15, -0.1) is 0 Å². The predicted octanol–water partition coefficient (Wildman–Crippen LogP) is 4.48. The molecule has 1 aliphatic carbocycles. The summed E-state index contributed by atoms with van der Waals surface area (Å²) in [5.41, 5.74) is 0.720. The number of amides is 2. The van der Waals surface area contributed by atoms with Crippen LogP contribution in [0.5, 0.6) is 0 Å². The average molecular weight is 333 g/mol. The zero-order chi connectivity index (χ0) is 15.8. The fourth-order valence-electron chi connectivity index (χ4n) is 3.91. The van der Waals surface area contributed by atoms with Crippen LogP contribution in [0.3, 0.4) is 0 Å². The Kier molecular flexibility index (Phi) is 3.93. The molecule has 0 radical (unpaired) electrons. The van der Waals surface area contributed by atoms with Gasteiger partial charge in [-0.05, 0) is 42.9 Å². The molecule has 6 heteroatoms. The van der Waals surface area contributed by atoms with Crippen molar-refractivity contribution in [1.82, 2.24) is 9.88 Å². The van der Waals surface area contributed by atoms with E-state index in [-0.39, 0.29) is 11.8 Å². The van der Waals surface area contributed by atoms with Gasteiger partial charge in [0.2, 0.25) is 0 Å². The number of piperidine rings is 1. The normalized spacial score (nSPS) is 24.5. The van der Waals surface area contributed by atoms with Gasteiger partial charge < -0.3 is 4.90 Å². The number of likely N-dealkylation sites (tertiary alicyclic amines) is 1. The molecule has 0 unspecified atom stereocenters. The number of carbonyl (C=O) groups is 1. The van der Waals surface area contributed by atoms with E-state index in [1.165, 1.54) is 49.2 Å². The Bertz CT molecular complexity index is 732. The van der Waals surface area contributed by atoms with Gasteiger partial charge in [-0.2, -0.15) is 0 Å². The molecule has 4 nitrogen and oxygen atoms in total. The third-order valence-electron chi connectivity index (χ3n) is 5.14. The van der Waals surface area contributed by atoms with Crippen LogP contribution >= 0.6 is 11.3 Å². The second-order valence-electron chi connectivity index (χ2n) is 6.60. The van der Waals surface area contributed by atoms with Crippen molar-refractivity contribution in [1.29, 1.82) is 0 Å². The van der Waals surface area contributed by atoms with Crippen LogP contribution in [0.4, 0.5) is 14.3 Å². The smallest absolute Gasteiger partial charge is 0.323 e. The highest BCUT2D eigenvalue weighted by atomic mass is 32.1. The molecule has 23 heavy (non-hydrogen) atoms. The average Bonchev–Trinajstić information content (AvgIpc) is 2.95. The van der Waals surface area contributed by atoms with Crippen molar-refractivity contribution in [2.24, 2.45) is 11.8 Å². The van der Waals surface area contributed by atoms with E-state index in [2.05, 4.69) is 10.3 Å². The molecule has 1 N–H and O–H groups in total. The van der Waals surface area contributed by atoms with Crippen LogP contribution < -0.4 is 5.32 Å². The molecule has 1 aliphatic heterocycles. The molecule has 2 heterocycles. The van der Waals surface area contributed by atoms with E-state index in [0.717, 1.165) is 35.6 Å². The Morgan fingerprint density at radius 2 is 2.09 bits per heavy atom. The summed E-state index contributed by atoms with van der Waals surface area (Å²) in [5, 5.41) is 3.43. The maximum Gasteiger partial charge on any atom is 0.323 e. The van der Waals surface area contributed by atoms with Crippen molar-refractivity contribution in [3.05, 3.63) is 24.0 Å². The highest BCUT2D eigenvalue weighted by Gasteiger charge is 2.33. The zero-order valence-corrected chi connectivity index (χ0v) is 13.7. The number of hydrogen-bond acceptors (Lipinski definition) is 3. The van der Waals surface area contributed by atoms with Gasteiger partial charge in [0.25, 0.3) is 0 Å². The fourth-order valence-corrected chi connectivity index (χ4v) is 4.79. The number of nitrogens with zero attached hydrogens (tertiary/aromatic N) is 2. The minimum Gasteiger partial charge on any atom is -0.324 e. The number of anilines is 1. The van der Waals surface area contributed by atoms with Gasteiger partial charge in [0.05, 0.1) is 10.2 Å². The van der Waals surface area contributed by atoms with Crippen LogP contribution in [0.2, 0.25) is 0 Å². The van der Waals surface area contributed by atoms with Gasteiger partial charge in [0, 0.05) is 13.1 Å². The summed E-state index contributed by atoms with van der Waals surface area (Å²) >= 11 is 1.32. The van der Waals surface area contributed by atoms with E-state index in [0.29, 0.717) is 11.0 Å². The van der Waals surface area contributed by atoms with Crippen molar-refractivity contribution in [2.75, 3.05) is 18.4 Å². The molecule has 0 spiro atoms. The van der Waals surface area contributed by atoms with Gasteiger partial charge in [-0.25, -0.2) is 14.2 Å². The molecule has 1 aromatic heterocycles. The van der Waals surface area contributed by atoms with Crippen molar-refractivity contribution in [2.45, 2.75) is 32.1 Å². The lowest BCUT2D eigenvalue weighted by Crippen LogP contribution is -2.46. The Balaban J connectivity index is 1.44. The summed E-state index contributed by atoms with van der Waals surface area (Å²) in [5.74, 6) is 1.18.